The number of halogens is 1. The van der Waals surface area contributed by atoms with E-state index in [9.17, 15) is 14.4 Å². The Hall–Kier alpha value is -2.52. The van der Waals surface area contributed by atoms with E-state index in [1.807, 2.05) is 0 Å². The molecule has 0 aliphatic carbocycles. The van der Waals surface area contributed by atoms with Crippen LogP contribution in [0.15, 0.2) is 18.2 Å². The summed E-state index contributed by atoms with van der Waals surface area (Å²) in [5.41, 5.74) is 0.956. The van der Waals surface area contributed by atoms with Gasteiger partial charge in [-0.25, -0.2) is 19.6 Å². The molecule has 134 valence electrons. The number of carboxylic acid groups (broad SMARTS) is 1. The number of nitrogens with zero attached hydrogens (tertiary/aromatic N) is 3. The van der Waals surface area contributed by atoms with Crippen molar-refractivity contribution in [2.75, 3.05) is 43.1 Å². The first-order valence-corrected chi connectivity index (χ1v) is 8.11. The van der Waals surface area contributed by atoms with E-state index in [1.54, 1.807) is 12.1 Å². The van der Waals surface area contributed by atoms with E-state index in [0.29, 0.717) is 42.5 Å². The van der Waals surface area contributed by atoms with E-state index in [2.05, 4.69) is 5.32 Å². The van der Waals surface area contributed by atoms with Gasteiger partial charge in [0.15, 0.2) is 0 Å². The zero-order valence-electron chi connectivity index (χ0n) is 13.3. The van der Waals surface area contributed by atoms with Gasteiger partial charge in [-0.15, -0.1) is 0 Å². The molecular weight excluding hydrogens is 352 g/mol. The van der Waals surface area contributed by atoms with Gasteiger partial charge in [-0.3, -0.25) is 4.79 Å². The highest BCUT2D eigenvalue weighted by atomic mass is 35.5. The number of anilines is 2. The monoisotopic (exact) mass is 368 g/mol. The predicted octanol–water partition coefficient (Wildman–Crippen LogP) is 1.84. The molecule has 1 aromatic carbocycles. The Morgan fingerprint density at radius 1 is 1.20 bits per heavy atom. The molecule has 3 rings (SSSR count). The third-order valence-corrected chi connectivity index (χ3v) is 4.26. The van der Waals surface area contributed by atoms with Crippen LogP contribution in [0, 0.1) is 0 Å². The van der Waals surface area contributed by atoms with Gasteiger partial charge in [-0.05, 0) is 24.6 Å². The number of morpholine rings is 1. The number of hydrazine groups is 1. The van der Waals surface area contributed by atoms with Crippen LogP contribution in [0.2, 0.25) is 5.02 Å². The fraction of sp³-hybridized carbons (Fsp3) is 0.400. The maximum atomic E-state index is 12.3. The van der Waals surface area contributed by atoms with Gasteiger partial charge in [0.1, 0.15) is 6.61 Å². The van der Waals surface area contributed by atoms with E-state index in [0.717, 1.165) is 10.0 Å². The molecule has 2 fully saturated rings. The van der Waals surface area contributed by atoms with Gasteiger partial charge in [0, 0.05) is 25.3 Å². The van der Waals surface area contributed by atoms with Gasteiger partial charge < -0.3 is 20.1 Å². The summed E-state index contributed by atoms with van der Waals surface area (Å²) in [6.45, 7) is 1.45. The smallest absolute Gasteiger partial charge is 0.426 e. The summed E-state index contributed by atoms with van der Waals surface area (Å²) < 4.78 is 5.09. The minimum Gasteiger partial charge on any atom is -0.464 e. The Morgan fingerprint density at radius 2 is 1.96 bits per heavy atom. The molecule has 2 heterocycles. The number of hydrogen-bond acceptors (Lipinski definition) is 4. The van der Waals surface area contributed by atoms with E-state index < -0.39 is 12.1 Å². The predicted molar refractivity (Wildman–Crippen MR) is 89.7 cm³/mol. The van der Waals surface area contributed by atoms with Gasteiger partial charge in [-0.2, -0.15) is 0 Å². The molecule has 0 saturated carbocycles. The highest BCUT2D eigenvalue weighted by Gasteiger charge is 2.30. The Morgan fingerprint density at radius 3 is 2.64 bits per heavy atom. The number of hydrogen-bond donors (Lipinski definition) is 2. The zero-order valence-corrected chi connectivity index (χ0v) is 14.0. The number of rotatable bonds is 2. The molecule has 9 nitrogen and oxygen atoms in total. The van der Waals surface area contributed by atoms with E-state index in [-0.39, 0.29) is 19.1 Å². The molecule has 2 N–H and O–H groups in total. The third kappa shape index (κ3) is 3.62. The highest BCUT2D eigenvalue weighted by Crippen LogP contribution is 2.30. The van der Waals surface area contributed by atoms with Crippen molar-refractivity contribution in [1.82, 2.24) is 10.0 Å². The molecule has 4 amide bonds. The summed E-state index contributed by atoms with van der Waals surface area (Å²) in [4.78, 5) is 36.8. The van der Waals surface area contributed by atoms with Gasteiger partial charge in [-0.1, -0.05) is 11.6 Å². The second-order valence-corrected chi connectivity index (χ2v) is 5.98. The molecule has 1 aromatic rings. The summed E-state index contributed by atoms with van der Waals surface area (Å²) in [7, 11) is 0. The van der Waals surface area contributed by atoms with Crippen LogP contribution in [0.5, 0.6) is 0 Å². The summed E-state index contributed by atoms with van der Waals surface area (Å²) >= 11 is 6.25. The molecule has 0 spiro atoms. The molecule has 2 aliphatic heterocycles. The fourth-order valence-electron chi connectivity index (χ4n) is 2.79. The summed E-state index contributed by atoms with van der Waals surface area (Å²) in [6, 6.07) is 4.23. The number of urea groups is 1. The van der Waals surface area contributed by atoms with Gasteiger partial charge in [0.2, 0.25) is 0 Å². The molecule has 25 heavy (non-hydrogen) atoms. The zero-order chi connectivity index (χ0) is 18.0. The molecule has 2 saturated heterocycles. The molecular formula is C15H17ClN4O5. The van der Waals surface area contributed by atoms with Crippen molar-refractivity contribution in [2.24, 2.45) is 0 Å². The minimum atomic E-state index is -1.17. The first kappa shape index (κ1) is 17.3. The maximum Gasteiger partial charge on any atom is 0.426 e. The van der Waals surface area contributed by atoms with E-state index >= 15 is 0 Å². The average Bonchev–Trinajstić information content (AvgIpc) is 3.06. The molecule has 0 atom stereocenters. The lowest BCUT2D eigenvalue weighted by Crippen LogP contribution is -2.46. The number of benzene rings is 1. The largest absolute Gasteiger partial charge is 0.464 e. The fourth-order valence-corrected chi connectivity index (χ4v) is 3.07. The molecule has 10 heteroatoms. The topological polar surface area (TPSA) is 102 Å². The van der Waals surface area contributed by atoms with Gasteiger partial charge in [0.05, 0.1) is 17.3 Å². The molecule has 0 unspecified atom stereocenters. The molecule has 0 aromatic heterocycles. The van der Waals surface area contributed by atoms with Crippen LogP contribution in [-0.2, 0) is 9.53 Å². The Bertz CT molecular complexity index is 713. The van der Waals surface area contributed by atoms with E-state index in [4.69, 9.17) is 21.4 Å². The third-order valence-electron chi connectivity index (χ3n) is 3.96. The van der Waals surface area contributed by atoms with Crippen LogP contribution in [-0.4, -0.2) is 66.0 Å². The number of nitrogens with one attached hydrogen (secondary N) is 1. The Labute approximate surface area is 148 Å². The number of carbonyl (C=O) groups excluding carboxylic acids is 2. The van der Waals surface area contributed by atoms with Gasteiger partial charge in [0.25, 0.3) is 5.91 Å². The minimum absolute atomic E-state index is 0.00873. The summed E-state index contributed by atoms with van der Waals surface area (Å²) in [6.07, 6.45) is -0.592. The lowest BCUT2D eigenvalue weighted by Gasteiger charge is -2.28. The Balaban J connectivity index is 1.71. The number of carbonyl (C=O) groups is 3. The second-order valence-electron chi connectivity index (χ2n) is 5.58. The number of ether oxygens (including phenoxy) is 1. The highest BCUT2D eigenvalue weighted by molar-refractivity contribution is 6.34. The summed E-state index contributed by atoms with van der Waals surface area (Å²) in [5, 5.41) is 14.1. The van der Waals surface area contributed by atoms with Crippen molar-refractivity contribution in [1.29, 1.82) is 0 Å². The SMILES string of the molecule is O=C1COCCN1c1ccc(NC(=O)N2CCCN2C(=O)O)cc1Cl. The van der Waals surface area contributed by atoms with Crippen LogP contribution >= 0.6 is 11.6 Å². The van der Waals surface area contributed by atoms with Crippen molar-refractivity contribution < 1.29 is 24.2 Å². The molecule has 0 radical (unpaired) electrons. The first-order chi connectivity index (χ1) is 12.0. The van der Waals surface area contributed by atoms with Crippen molar-refractivity contribution in [2.45, 2.75) is 6.42 Å². The number of amides is 4. The lowest BCUT2D eigenvalue weighted by molar-refractivity contribution is -0.125. The quantitative estimate of drug-likeness (QED) is 0.829. The second kappa shape index (κ2) is 7.16. The van der Waals surface area contributed by atoms with Gasteiger partial charge >= 0.3 is 12.1 Å². The van der Waals surface area contributed by atoms with Crippen molar-refractivity contribution in [3.8, 4) is 0 Å². The standard InChI is InChI=1S/C15H17ClN4O5/c16-11-8-10(2-3-12(11)18-6-7-25-9-13(18)21)17-14(22)19-4-1-5-20(19)15(23)24/h2-3,8H,1,4-7,9H2,(H,17,22)(H,23,24). The van der Waals surface area contributed by atoms with Crippen LogP contribution in [0.4, 0.5) is 21.0 Å². The summed E-state index contributed by atoms with van der Waals surface area (Å²) in [5.74, 6) is -0.181. The van der Waals surface area contributed by atoms with Crippen molar-refractivity contribution >= 4 is 41.0 Å². The first-order valence-electron chi connectivity index (χ1n) is 7.74. The lowest BCUT2D eigenvalue weighted by atomic mass is 10.2. The maximum absolute atomic E-state index is 12.3. The normalized spacial score (nSPS) is 17.8. The molecule has 2 aliphatic rings. The molecule has 0 bridgehead atoms. The van der Waals surface area contributed by atoms with Crippen molar-refractivity contribution in [3.05, 3.63) is 23.2 Å². The van der Waals surface area contributed by atoms with Crippen LogP contribution in [0.3, 0.4) is 0 Å². The average molecular weight is 369 g/mol. The van der Waals surface area contributed by atoms with E-state index in [1.165, 1.54) is 11.0 Å². The van der Waals surface area contributed by atoms with Crippen LogP contribution < -0.4 is 10.2 Å². The van der Waals surface area contributed by atoms with Crippen LogP contribution in [0.1, 0.15) is 6.42 Å². The van der Waals surface area contributed by atoms with Crippen LogP contribution in [0.25, 0.3) is 0 Å². The Kier molecular flexibility index (Phi) is 4.95. The van der Waals surface area contributed by atoms with Crippen molar-refractivity contribution in [3.63, 3.8) is 0 Å².